The summed E-state index contributed by atoms with van der Waals surface area (Å²) in [7, 11) is 0. The minimum absolute atomic E-state index is 0.0433. The molecule has 28 heavy (non-hydrogen) atoms. The molecule has 0 aliphatic carbocycles. The molecule has 2 atom stereocenters. The van der Waals surface area contributed by atoms with Gasteiger partial charge in [-0.1, -0.05) is 18.2 Å². The molecule has 1 aliphatic heterocycles. The summed E-state index contributed by atoms with van der Waals surface area (Å²) in [6.07, 6.45) is 0.294. The number of carboxylic acids is 1. The van der Waals surface area contributed by atoms with E-state index in [-0.39, 0.29) is 13.0 Å². The van der Waals surface area contributed by atoms with Crippen molar-refractivity contribution in [2.45, 2.75) is 31.9 Å². The standard InChI is InChI=1S/C20H22N2O6/c1-3-7-14-17(27-4-2)13-8-5-6-9-15(13)21-18(14)28-12-10-16(19(23)24)22(11-12)20(25)26/h3,5-6,8-9,12,16H,1,4,7,10-11H2,2H3,(H,23,24)(H,25,26)/t12-,16+/m1/s1. The number of likely N-dealkylation sites (tertiary alicyclic amines) is 1. The molecule has 0 unspecified atom stereocenters. The number of ether oxygens (including phenoxy) is 2. The maximum atomic E-state index is 11.4. The van der Waals surface area contributed by atoms with Crippen LogP contribution in [0, 0.1) is 0 Å². The van der Waals surface area contributed by atoms with E-state index in [0.29, 0.717) is 35.7 Å². The van der Waals surface area contributed by atoms with Crippen LogP contribution in [0.25, 0.3) is 10.9 Å². The van der Waals surface area contributed by atoms with Gasteiger partial charge < -0.3 is 19.7 Å². The van der Waals surface area contributed by atoms with Crippen molar-refractivity contribution in [3.63, 3.8) is 0 Å². The van der Waals surface area contributed by atoms with Crippen LogP contribution in [0.3, 0.4) is 0 Å². The Morgan fingerprint density at radius 3 is 2.71 bits per heavy atom. The third-order valence-electron chi connectivity index (χ3n) is 4.61. The lowest BCUT2D eigenvalue weighted by molar-refractivity contribution is -0.141. The highest BCUT2D eigenvalue weighted by molar-refractivity contribution is 5.87. The van der Waals surface area contributed by atoms with Crippen molar-refractivity contribution in [1.29, 1.82) is 0 Å². The van der Waals surface area contributed by atoms with Crippen molar-refractivity contribution < 1.29 is 29.3 Å². The van der Waals surface area contributed by atoms with Gasteiger partial charge in [-0.15, -0.1) is 6.58 Å². The highest BCUT2D eigenvalue weighted by Gasteiger charge is 2.41. The molecule has 2 N–H and O–H groups in total. The van der Waals surface area contributed by atoms with Gasteiger partial charge in [0.2, 0.25) is 5.88 Å². The minimum Gasteiger partial charge on any atom is -0.493 e. The number of hydrogen-bond donors (Lipinski definition) is 2. The zero-order valence-corrected chi connectivity index (χ0v) is 15.5. The fraction of sp³-hybridized carbons (Fsp3) is 0.350. The molecule has 0 radical (unpaired) electrons. The number of hydrogen-bond acceptors (Lipinski definition) is 5. The second kappa shape index (κ2) is 8.16. The van der Waals surface area contributed by atoms with Crippen molar-refractivity contribution >= 4 is 23.0 Å². The first-order valence-corrected chi connectivity index (χ1v) is 9.00. The van der Waals surface area contributed by atoms with Crippen LogP contribution in [0.15, 0.2) is 36.9 Å². The van der Waals surface area contributed by atoms with Gasteiger partial charge >= 0.3 is 12.1 Å². The minimum atomic E-state index is -1.29. The number of allylic oxidation sites excluding steroid dienone is 1. The fourth-order valence-corrected chi connectivity index (χ4v) is 3.42. The molecule has 1 aromatic carbocycles. The summed E-state index contributed by atoms with van der Waals surface area (Å²) in [6, 6.07) is 6.35. The molecule has 2 heterocycles. The predicted molar refractivity (Wildman–Crippen MR) is 102 cm³/mol. The number of rotatable bonds is 7. The molecule has 1 aromatic heterocycles. The fourth-order valence-electron chi connectivity index (χ4n) is 3.42. The number of nitrogens with zero attached hydrogens (tertiary/aromatic N) is 2. The lowest BCUT2D eigenvalue weighted by atomic mass is 10.1. The van der Waals surface area contributed by atoms with Crippen LogP contribution in [-0.2, 0) is 11.2 Å². The van der Waals surface area contributed by atoms with Gasteiger partial charge in [0.25, 0.3) is 0 Å². The summed E-state index contributed by atoms with van der Waals surface area (Å²) in [5.74, 6) is -0.240. The van der Waals surface area contributed by atoms with E-state index in [4.69, 9.17) is 9.47 Å². The van der Waals surface area contributed by atoms with Gasteiger partial charge in [-0.2, -0.15) is 0 Å². The molecule has 2 aromatic rings. The van der Waals surface area contributed by atoms with Gasteiger partial charge in [0.1, 0.15) is 17.9 Å². The Morgan fingerprint density at radius 2 is 2.11 bits per heavy atom. The number of amides is 1. The van der Waals surface area contributed by atoms with Crippen LogP contribution >= 0.6 is 0 Å². The Balaban J connectivity index is 2.00. The normalized spacial score (nSPS) is 18.8. The molecular weight excluding hydrogens is 364 g/mol. The first-order valence-electron chi connectivity index (χ1n) is 9.00. The topological polar surface area (TPSA) is 109 Å². The van der Waals surface area contributed by atoms with E-state index in [0.717, 1.165) is 10.3 Å². The summed E-state index contributed by atoms with van der Waals surface area (Å²) in [5.41, 5.74) is 1.38. The van der Waals surface area contributed by atoms with E-state index in [2.05, 4.69) is 11.6 Å². The molecule has 3 rings (SSSR count). The number of aromatic nitrogens is 1. The summed E-state index contributed by atoms with van der Waals surface area (Å²) in [6.45, 7) is 6.07. The summed E-state index contributed by atoms with van der Waals surface area (Å²) < 4.78 is 11.9. The van der Waals surface area contributed by atoms with E-state index >= 15 is 0 Å². The first kappa shape index (κ1) is 19.5. The van der Waals surface area contributed by atoms with Crippen molar-refractivity contribution in [3.8, 4) is 11.6 Å². The molecule has 0 bridgehead atoms. The SMILES string of the molecule is C=CCc1c(O[C@@H]2C[C@@H](C(=O)O)N(C(=O)O)C2)nc2ccccc2c1OCC. The largest absolute Gasteiger partial charge is 0.493 e. The molecule has 8 heteroatoms. The van der Waals surface area contributed by atoms with E-state index < -0.39 is 24.2 Å². The number of benzene rings is 1. The lowest BCUT2D eigenvalue weighted by Gasteiger charge is -2.19. The molecule has 148 valence electrons. The lowest BCUT2D eigenvalue weighted by Crippen LogP contribution is -2.39. The molecule has 1 aliphatic rings. The Morgan fingerprint density at radius 1 is 1.36 bits per heavy atom. The maximum Gasteiger partial charge on any atom is 0.408 e. The number of para-hydroxylation sites is 1. The van der Waals surface area contributed by atoms with Crippen LogP contribution in [0.1, 0.15) is 18.9 Å². The third kappa shape index (κ3) is 3.71. The summed E-state index contributed by atoms with van der Waals surface area (Å²) in [4.78, 5) is 28.2. The third-order valence-corrected chi connectivity index (χ3v) is 4.61. The van der Waals surface area contributed by atoms with Crippen molar-refractivity contribution in [2.75, 3.05) is 13.2 Å². The molecule has 0 spiro atoms. The smallest absolute Gasteiger partial charge is 0.408 e. The van der Waals surface area contributed by atoms with Crippen LogP contribution in [0.2, 0.25) is 0 Å². The molecule has 0 saturated carbocycles. The Bertz CT molecular complexity index is 891. The Labute approximate surface area is 162 Å². The van der Waals surface area contributed by atoms with E-state index in [1.54, 1.807) is 6.08 Å². The Hall–Kier alpha value is -3.29. The average molecular weight is 386 g/mol. The zero-order valence-electron chi connectivity index (χ0n) is 15.5. The second-order valence-electron chi connectivity index (χ2n) is 6.43. The summed E-state index contributed by atoms with van der Waals surface area (Å²) >= 11 is 0. The van der Waals surface area contributed by atoms with Gasteiger partial charge in [-0.25, -0.2) is 14.6 Å². The van der Waals surface area contributed by atoms with E-state index in [1.165, 1.54) is 0 Å². The number of carboxylic acid groups (broad SMARTS) is 2. The van der Waals surface area contributed by atoms with Gasteiger partial charge in [-0.3, -0.25) is 4.90 Å². The molecule has 8 nitrogen and oxygen atoms in total. The molecular formula is C20H22N2O6. The Kier molecular flexibility index (Phi) is 5.67. The van der Waals surface area contributed by atoms with Crippen molar-refractivity contribution in [3.05, 3.63) is 42.5 Å². The maximum absolute atomic E-state index is 11.4. The van der Waals surface area contributed by atoms with Crippen molar-refractivity contribution in [2.24, 2.45) is 0 Å². The van der Waals surface area contributed by atoms with Gasteiger partial charge in [0, 0.05) is 11.8 Å². The second-order valence-corrected chi connectivity index (χ2v) is 6.43. The zero-order chi connectivity index (χ0) is 20.3. The predicted octanol–water partition coefficient (Wildman–Crippen LogP) is 2.95. The first-order chi connectivity index (χ1) is 13.5. The van der Waals surface area contributed by atoms with Gasteiger partial charge in [0.15, 0.2) is 0 Å². The summed E-state index contributed by atoms with van der Waals surface area (Å²) in [5, 5.41) is 19.4. The van der Waals surface area contributed by atoms with Crippen LogP contribution in [0.5, 0.6) is 11.6 Å². The monoisotopic (exact) mass is 386 g/mol. The average Bonchev–Trinajstić information content (AvgIpc) is 3.09. The number of pyridine rings is 1. The number of aliphatic carboxylic acids is 1. The number of carbonyl (C=O) groups is 2. The molecule has 1 saturated heterocycles. The highest BCUT2D eigenvalue weighted by Crippen LogP contribution is 2.36. The quantitative estimate of drug-likeness (QED) is 0.704. The van der Waals surface area contributed by atoms with E-state index in [1.807, 2.05) is 31.2 Å². The van der Waals surface area contributed by atoms with Crippen LogP contribution in [-0.4, -0.2) is 57.5 Å². The van der Waals surface area contributed by atoms with E-state index in [9.17, 15) is 19.8 Å². The van der Waals surface area contributed by atoms with Crippen LogP contribution < -0.4 is 9.47 Å². The number of fused-ring (bicyclic) bond motifs is 1. The van der Waals surface area contributed by atoms with Gasteiger partial charge in [-0.05, 0) is 25.5 Å². The van der Waals surface area contributed by atoms with Crippen LogP contribution in [0.4, 0.5) is 4.79 Å². The van der Waals surface area contributed by atoms with Crippen molar-refractivity contribution in [1.82, 2.24) is 9.88 Å². The molecule has 1 amide bonds. The molecule has 1 fully saturated rings. The highest BCUT2D eigenvalue weighted by atomic mass is 16.5. The van der Waals surface area contributed by atoms with Gasteiger partial charge in [0.05, 0.1) is 24.2 Å².